The van der Waals surface area contributed by atoms with Gasteiger partial charge in [-0.15, -0.1) is 0 Å². The average Bonchev–Trinajstić information content (AvgIpc) is 2.95. The fourth-order valence-electron chi connectivity index (χ4n) is 3.55. The number of aliphatic hydroxyl groups excluding tert-OH is 1. The van der Waals surface area contributed by atoms with E-state index >= 15 is 0 Å². The third-order valence-electron chi connectivity index (χ3n) is 5.15. The molecule has 1 fully saturated rings. The molecular weight excluding hydrogens is 250 g/mol. The summed E-state index contributed by atoms with van der Waals surface area (Å²) in [5.41, 5.74) is 6.85. The molecule has 2 rings (SSSR count). The molecule has 0 spiro atoms. The van der Waals surface area contributed by atoms with Crippen LogP contribution in [0.25, 0.3) is 0 Å². The Morgan fingerprint density at radius 1 is 1.45 bits per heavy atom. The number of imidazole rings is 1. The van der Waals surface area contributed by atoms with Gasteiger partial charge in [0.2, 0.25) is 0 Å². The van der Waals surface area contributed by atoms with Crippen LogP contribution in [0.3, 0.4) is 0 Å². The van der Waals surface area contributed by atoms with Gasteiger partial charge in [-0.05, 0) is 38.0 Å². The van der Waals surface area contributed by atoms with E-state index in [9.17, 15) is 5.11 Å². The molecule has 1 heterocycles. The molecule has 3 N–H and O–H groups in total. The summed E-state index contributed by atoms with van der Waals surface area (Å²) in [7, 11) is 0. The molecule has 114 valence electrons. The average molecular weight is 279 g/mol. The monoisotopic (exact) mass is 279 g/mol. The summed E-state index contributed by atoms with van der Waals surface area (Å²) >= 11 is 0. The summed E-state index contributed by atoms with van der Waals surface area (Å²) in [6.45, 7) is 5.86. The molecule has 1 saturated carbocycles. The van der Waals surface area contributed by atoms with Gasteiger partial charge in [0.1, 0.15) is 6.10 Å². The Morgan fingerprint density at radius 3 is 2.70 bits per heavy atom. The van der Waals surface area contributed by atoms with E-state index in [1.807, 2.05) is 12.5 Å². The van der Waals surface area contributed by atoms with Gasteiger partial charge >= 0.3 is 0 Å². The zero-order valence-corrected chi connectivity index (χ0v) is 12.9. The molecule has 4 nitrogen and oxygen atoms in total. The minimum absolute atomic E-state index is 0.156. The highest BCUT2D eigenvalue weighted by Gasteiger charge is 2.41. The van der Waals surface area contributed by atoms with Crippen molar-refractivity contribution in [1.82, 2.24) is 9.55 Å². The second-order valence-electron chi connectivity index (χ2n) is 6.33. The number of aryl methyl sites for hydroxylation is 1. The second kappa shape index (κ2) is 6.72. The summed E-state index contributed by atoms with van der Waals surface area (Å²) in [4.78, 5) is 4.22. The molecule has 1 aromatic heterocycles. The molecule has 20 heavy (non-hydrogen) atoms. The summed E-state index contributed by atoms with van der Waals surface area (Å²) in [6, 6.07) is 0. The Balaban J connectivity index is 2.16. The molecule has 4 heteroatoms. The number of rotatable bonds is 6. The van der Waals surface area contributed by atoms with E-state index in [1.54, 1.807) is 0 Å². The van der Waals surface area contributed by atoms with E-state index in [-0.39, 0.29) is 5.41 Å². The highest BCUT2D eigenvalue weighted by Crippen LogP contribution is 2.47. The van der Waals surface area contributed by atoms with Gasteiger partial charge in [-0.3, -0.25) is 0 Å². The fourth-order valence-corrected chi connectivity index (χ4v) is 3.55. The first-order valence-corrected chi connectivity index (χ1v) is 8.05. The number of nitrogens with two attached hydrogens (primary N) is 1. The van der Waals surface area contributed by atoms with Crippen LogP contribution in [0.4, 0.5) is 0 Å². The third kappa shape index (κ3) is 2.91. The highest BCUT2D eigenvalue weighted by atomic mass is 16.3. The van der Waals surface area contributed by atoms with Gasteiger partial charge in [-0.25, -0.2) is 4.98 Å². The van der Waals surface area contributed by atoms with E-state index in [1.165, 1.54) is 19.3 Å². The summed E-state index contributed by atoms with van der Waals surface area (Å²) in [5.74, 6) is 0.808. The number of hydrogen-bond donors (Lipinski definition) is 2. The van der Waals surface area contributed by atoms with Crippen LogP contribution >= 0.6 is 0 Å². The van der Waals surface area contributed by atoms with Crippen molar-refractivity contribution >= 4 is 0 Å². The molecule has 1 aromatic rings. The van der Waals surface area contributed by atoms with Gasteiger partial charge in [0.25, 0.3) is 0 Å². The molecule has 0 aliphatic heterocycles. The van der Waals surface area contributed by atoms with Gasteiger partial charge in [0.05, 0.1) is 18.2 Å². The number of nitrogens with zero attached hydrogens (tertiary/aromatic N) is 2. The van der Waals surface area contributed by atoms with Crippen molar-refractivity contribution in [3.63, 3.8) is 0 Å². The van der Waals surface area contributed by atoms with Crippen molar-refractivity contribution < 1.29 is 5.11 Å². The molecule has 1 aliphatic carbocycles. The SMILES string of the molecule is CCCn1cncc1C(O)C1(CN)CCC(CC)CC1. The molecular formula is C16H29N3O. The predicted molar refractivity (Wildman–Crippen MR) is 81.2 cm³/mol. The van der Waals surface area contributed by atoms with Crippen molar-refractivity contribution in [1.29, 1.82) is 0 Å². The first-order chi connectivity index (χ1) is 9.66. The zero-order chi connectivity index (χ0) is 14.6. The molecule has 0 saturated heterocycles. The summed E-state index contributed by atoms with van der Waals surface area (Å²) in [5, 5.41) is 10.9. The van der Waals surface area contributed by atoms with Crippen molar-refractivity contribution in [3.05, 3.63) is 18.2 Å². The lowest BCUT2D eigenvalue weighted by Gasteiger charge is -2.42. The summed E-state index contributed by atoms with van der Waals surface area (Å²) in [6.07, 6.45) is 9.86. The Kier molecular flexibility index (Phi) is 5.22. The first-order valence-electron chi connectivity index (χ1n) is 8.05. The first kappa shape index (κ1) is 15.5. The van der Waals surface area contributed by atoms with Crippen LogP contribution in [0, 0.1) is 11.3 Å². The van der Waals surface area contributed by atoms with Crippen molar-refractivity contribution in [3.8, 4) is 0 Å². The third-order valence-corrected chi connectivity index (χ3v) is 5.15. The van der Waals surface area contributed by atoms with Gasteiger partial charge in [-0.1, -0.05) is 20.3 Å². The van der Waals surface area contributed by atoms with Gasteiger partial charge in [0, 0.05) is 18.5 Å². The Labute approximate surface area is 122 Å². The molecule has 1 atom stereocenters. The van der Waals surface area contributed by atoms with Crippen LogP contribution in [0.1, 0.15) is 64.2 Å². The van der Waals surface area contributed by atoms with Gasteiger partial charge in [0.15, 0.2) is 0 Å². The Bertz CT molecular complexity index is 408. The van der Waals surface area contributed by atoms with Crippen LogP contribution in [-0.2, 0) is 6.54 Å². The predicted octanol–water partition coefficient (Wildman–Crippen LogP) is 2.87. The van der Waals surface area contributed by atoms with Gasteiger partial charge in [-0.2, -0.15) is 0 Å². The van der Waals surface area contributed by atoms with E-state index in [0.717, 1.165) is 37.4 Å². The second-order valence-corrected chi connectivity index (χ2v) is 6.33. The number of aromatic nitrogens is 2. The standard InChI is InChI=1S/C16H29N3O/c1-3-9-19-12-18-10-14(19)15(20)16(11-17)7-5-13(4-2)6-8-16/h10,12-13,15,20H,3-9,11,17H2,1-2H3. The van der Waals surface area contributed by atoms with Crippen molar-refractivity contribution in [2.45, 2.75) is 65.0 Å². The molecule has 0 amide bonds. The fraction of sp³-hybridized carbons (Fsp3) is 0.812. The lowest BCUT2D eigenvalue weighted by Crippen LogP contribution is -2.40. The lowest BCUT2D eigenvalue weighted by molar-refractivity contribution is -0.0150. The molecule has 0 aromatic carbocycles. The molecule has 0 bridgehead atoms. The topological polar surface area (TPSA) is 64.1 Å². The maximum Gasteiger partial charge on any atom is 0.102 e. The van der Waals surface area contributed by atoms with E-state index in [2.05, 4.69) is 23.4 Å². The smallest absolute Gasteiger partial charge is 0.102 e. The van der Waals surface area contributed by atoms with Crippen LogP contribution in [0.2, 0.25) is 0 Å². The van der Waals surface area contributed by atoms with Crippen LogP contribution in [-0.4, -0.2) is 21.2 Å². The van der Waals surface area contributed by atoms with Crippen molar-refractivity contribution in [2.75, 3.05) is 6.54 Å². The Hall–Kier alpha value is -0.870. The normalized spacial score (nSPS) is 28.5. The highest BCUT2D eigenvalue weighted by molar-refractivity contribution is 5.09. The minimum atomic E-state index is -0.487. The molecule has 1 unspecified atom stereocenters. The molecule has 0 radical (unpaired) electrons. The van der Waals surface area contributed by atoms with E-state index in [0.29, 0.717) is 6.54 Å². The maximum absolute atomic E-state index is 10.9. The zero-order valence-electron chi connectivity index (χ0n) is 12.9. The minimum Gasteiger partial charge on any atom is -0.386 e. The summed E-state index contributed by atoms with van der Waals surface area (Å²) < 4.78 is 2.08. The van der Waals surface area contributed by atoms with Gasteiger partial charge < -0.3 is 15.4 Å². The maximum atomic E-state index is 10.9. The van der Waals surface area contributed by atoms with E-state index in [4.69, 9.17) is 5.73 Å². The largest absolute Gasteiger partial charge is 0.386 e. The number of hydrogen-bond acceptors (Lipinski definition) is 3. The quantitative estimate of drug-likeness (QED) is 0.841. The van der Waals surface area contributed by atoms with Crippen LogP contribution in [0.15, 0.2) is 12.5 Å². The number of aliphatic hydroxyl groups is 1. The van der Waals surface area contributed by atoms with E-state index < -0.39 is 6.10 Å². The van der Waals surface area contributed by atoms with Crippen LogP contribution in [0.5, 0.6) is 0 Å². The molecule has 1 aliphatic rings. The van der Waals surface area contributed by atoms with Crippen LogP contribution < -0.4 is 5.73 Å². The Morgan fingerprint density at radius 2 is 2.15 bits per heavy atom. The lowest BCUT2D eigenvalue weighted by atomic mass is 9.66. The van der Waals surface area contributed by atoms with Crippen molar-refractivity contribution in [2.24, 2.45) is 17.1 Å².